The van der Waals surface area contributed by atoms with Crippen molar-refractivity contribution in [2.75, 3.05) is 30.4 Å². The van der Waals surface area contributed by atoms with E-state index in [4.69, 9.17) is 27.0 Å². The van der Waals surface area contributed by atoms with Crippen LogP contribution in [0.2, 0.25) is 0 Å². The Balaban J connectivity index is 0.00000242. The van der Waals surface area contributed by atoms with Gasteiger partial charge < -0.3 is 0 Å². The average molecular weight is 385 g/mol. The van der Waals surface area contributed by atoms with Gasteiger partial charge in [-0.25, -0.2) is 0 Å². The number of ether oxygens (including phenoxy) is 1. The molecule has 0 saturated heterocycles. The van der Waals surface area contributed by atoms with E-state index in [-0.39, 0.29) is 41.4 Å². The van der Waals surface area contributed by atoms with E-state index in [1.165, 1.54) is 0 Å². The molecule has 0 saturated carbocycles. The van der Waals surface area contributed by atoms with Crippen molar-refractivity contribution in [3.8, 4) is 5.75 Å². The number of benzene rings is 2. The Morgan fingerprint density at radius 2 is 1.64 bits per heavy atom. The van der Waals surface area contributed by atoms with E-state index in [1.54, 1.807) is 12.1 Å². The van der Waals surface area contributed by atoms with Crippen LogP contribution in [0.25, 0.3) is 0 Å². The van der Waals surface area contributed by atoms with Crippen molar-refractivity contribution in [2.24, 2.45) is 0 Å². The molecule has 0 aliphatic carbocycles. The predicted octanol–water partition coefficient (Wildman–Crippen LogP) is 0.756. The van der Waals surface area contributed by atoms with Crippen LogP contribution in [0, 0.1) is 0 Å². The number of nitrogens with two attached hydrogens (primary N) is 3. The van der Waals surface area contributed by atoms with Crippen LogP contribution in [0.4, 0.5) is 17.1 Å². The van der Waals surface area contributed by atoms with Gasteiger partial charge in [0.15, 0.2) is 0 Å². The number of nitrogen functional groups attached to an aromatic ring is 3. The molecule has 0 bridgehead atoms. The number of halogens is 1. The molecule has 7 N–H and O–H groups in total. The second-order valence-electron chi connectivity index (χ2n) is 4.62. The van der Waals surface area contributed by atoms with Gasteiger partial charge in [0.2, 0.25) is 0 Å². The maximum absolute atomic E-state index is 8.87. The minimum atomic E-state index is -0.170. The van der Waals surface area contributed by atoms with Crippen molar-refractivity contribution < 1.29 is 9.84 Å². The molecule has 0 aliphatic rings. The van der Waals surface area contributed by atoms with E-state index in [1.807, 2.05) is 24.3 Å². The predicted molar refractivity (Wildman–Crippen MR) is 95.0 cm³/mol. The SMILES string of the molecule is Cl.Nc1cc(N)cc(C[As]c2cc(N)ccc2OCCO)c1. The number of anilines is 3. The summed E-state index contributed by atoms with van der Waals surface area (Å²) in [5.41, 5.74) is 20.6. The quantitative estimate of drug-likeness (QED) is 0.434. The van der Waals surface area contributed by atoms with Crippen LogP contribution in [0.5, 0.6) is 5.75 Å². The first-order valence-electron chi connectivity index (χ1n) is 6.54. The number of aliphatic hydroxyl groups excluding tert-OH is 1. The molecule has 119 valence electrons. The molecule has 0 aromatic heterocycles. The summed E-state index contributed by atoms with van der Waals surface area (Å²) in [4.78, 5) is 0. The molecular formula is C15H20AsClN3O2. The van der Waals surface area contributed by atoms with Gasteiger partial charge in [0.25, 0.3) is 0 Å². The Labute approximate surface area is 142 Å². The van der Waals surface area contributed by atoms with Gasteiger partial charge >= 0.3 is 130 Å². The summed E-state index contributed by atoms with van der Waals surface area (Å²) in [6.45, 7) is 0.273. The zero-order valence-corrected chi connectivity index (χ0v) is 14.7. The molecule has 2 rings (SSSR count). The Bertz CT molecular complexity index is 605. The van der Waals surface area contributed by atoms with Gasteiger partial charge in [-0.15, -0.1) is 12.4 Å². The van der Waals surface area contributed by atoms with E-state index in [0.29, 0.717) is 17.1 Å². The molecule has 0 unspecified atom stereocenters. The Morgan fingerprint density at radius 1 is 0.955 bits per heavy atom. The van der Waals surface area contributed by atoms with Gasteiger partial charge in [-0.2, -0.15) is 0 Å². The van der Waals surface area contributed by atoms with Gasteiger partial charge in [0, 0.05) is 0 Å². The van der Waals surface area contributed by atoms with Crippen LogP contribution in [-0.4, -0.2) is 34.1 Å². The van der Waals surface area contributed by atoms with Crippen molar-refractivity contribution in [1.29, 1.82) is 0 Å². The van der Waals surface area contributed by atoms with Crippen LogP contribution in [0.1, 0.15) is 5.56 Å². The van der Waals surface area contributed by atoms with Crippen molar-refractivity contribution >= 4 is 49.6 Å². The standard InChI is InChI=1S/C15H19AsN3O2.ClH/c17-11-1-2-15(21-4-3-20)14(8-11)16-9-10-5-12(18)7-13(19)6-10;/h1-2,5-8,20H,3-4,9,17-19H2;1H. The topological polar surface area (TPSA) is 108 Å². The molecule has 7 heteroatoms. The fourth-order valence-corrected chi connectivity index (χ4v) is 4.20. The number of aliphatic hydroxyl groups is 1. The molecule has 22 heavy (non-hydrogen) atoms. The second kappa shape index (κ2) is 8.79. The molecule has 0 aliphatic heterocycles. The number of rotatable bonds is 6. The van der Waals surface area contributed by atoms with E-state index in [0.717, 1.165) is 20.9 Å². The molecule has 2 aromatic rings. The summed E-state index contributed by atoms with van der Waals surface area (Å²) in [5.74, 6) is 0.787. The minimum absolute atomic E-state index is 0. The van der Waals surface area contributed by atoms with E-state index >= 15 is 0 Å². The van der Waals surface area contributed by atoms with Gasteiger partial charge in [-0.1, -0.05) is 0 Å². The van der Waals surface area contributed by atoms with Gasteiger partial charge in [-0.05, 0) is 0 Å². The van der Waals surface area contributed by atoms with E-state index < -0.39 is 0 Å². The Kier molecular flexibility index (Phi) is 7.39. The average Bonchev–Trinajstić information content (AvgIpc) is 2.43. The van der Waals surface area contributed by atoms with E-state index in [2.05, 4.69) is 0 Å². The van der Waals surface area contributed by atoms with E-state index in [9.17, 15) is 0 Å². The molecule has 5 nitrogen and oxygen atoms in total. The maximum atomic E-state index is 8.87. The van der Waals surface area contributed by atoms with Crippen LogP contribution in [0.15, 0.2) is 36.4 Å². The second-order valence-corrected chi connectivity index (χ2v) is 6.96. The summed E-state index contributed by atoms with van der Waals surface area (Å²) >= 11 is -0.170. The summed E-state index contributed by atoms with van der Waals surface area (Å²) in [6.07, 6.45) is 0. The monoisotopic (exact) mass is 384 g/mol. The Morgan fingerprint density at radius 3 is 2.27 bits per heavy atom. The number of hydrogen-bond acceptors (Lipinski definition) is 5. The third-order valence-electron chi connectivity index (χ3n) is 2.80. The van der Waals surface area contributed by atoms with Gasteiger partial charge in [0.05, 0.1) is 0 Å². The van der Waals surface area contributed by atoms with Crippen molar-refractivity contribution in [1.82, 2.24) is 0 Å². The van der Waals surface area contributed by atoms with Gasteiger partial charge in [-0.3, -0.25) is 0 Å². The summed E-state index contributed by atoms with van der Waals surface area (Å²) in [6, 6.07) is 11.2. The third kappa shape index (κ3) is 5.33. The fraction of sp³-hybridized carbons (Fsp3) is 0.200. The fourth-order valence-electron chi connectivity index (χ4n) is 1.95. The van der Waals surface area contributed by atoms with Crippen LogP contribution in [-0.2, 0) is 5.21 Å². The van der Waals surface area contributed by atoms with Crippen molar-refractivity contribution in [3.63, 3.8) is 0 Å². The summed E-state index contributed by atoms with van der Waals surface area (Å²) in [5, 5.41) is 9.75. The zero-order chi connectivity index (χ0) is 15.2. The van der Waals surface area contributed by atoms with Crippen molar-refractivity contribution in [2.45, 2.75) is 5.21 Å². The summed E-state index contributed by atoms with van der Waals surface area (Å²) < 4.78 is 6.64. The molecule has 0 amide bonds. The zero-order valence-electron chi connectivity index (χ0n) is 12.0. The normalized spacial score (nSPS) is 10.6. The molecule has 0 atom stereocenters. The first-order chi connectivity index (χ1) is 10.1. The first kappa shape index (κ1) is 18.5. The summed E-state index contributed by atoms with van der Waals surface area (Å²) in [7, 11) is 0. The number of hydrogen-bond donors (Lipinski definition) is 4. The molecule has 1 radical (unpaired) electrons. The van der Waals surface area contributed by atoms with Crippen LogP contribution < -0.4 is 26.3 Å². The molecule has 0 fully saturated rings. The Hall–Kier alpha value is -1.55. The van der Waals surface area contributed by atoms with Gasteiger partial charge in [0.1, 0.15) is 0 Å². The molecule has 0 heterocycles. The van der Waals surface area contributed by atoms with Crippen LogP contribution in [0.3, 0.4) is 0 Å². The molecular weight excluding hydrogens is 365 g/mol. The molecule has 0 spiro atoms. The van der Waals surface area contributed by atoms with Crippen molar-refractivity contribution in [3.05, 3.63) is 42.0 Å². The first-order valence-corrected chi connectivity index (χ1v) is 8.80. The van der Waals surface area contributed by atoms with Crippen LogP contribution >= 0.6 is 12.4 Å². The third-order valence-corrected chi connectivity index (χ3v) is 5.35. The molecule has 2 aromatic carbocycles.